The monoisotopic (exact) mass is 175 g/mol. The lowest BCUT2D eigenvalue weighted by molar-refractivity contribution is 0.0282. The van der Waals surface area contributed by atoms with E-state index in [1.165, 1.54) is 0 Å². The molecule has 0 spiro atoms. The zero-order valence-electron chi connectivity index (χ0n) is 8.54. The minimum Gasteiger partial charge on any atom is -0.392 e. The highest BCUT2D eigenvalue weighted by Crippen LogP contribution is 2.04. The van der Waals surface area contributed by atoms with Crippen molar-refractivity contribution in [2.45, 2.75) is 38.9 Å². The van der Waals surface area contributed by atoms with Crippen molar-refractivity contribution in [3.8, 4) is 0 Å². The zero-order chi connectivity index (χ0) is 9.78. The Labute approximate surface area is 75.0 Å². The third-order valence-electron chi connectivity index (χ3n) is 1.65. The van der Waals surface area contributed by atoms with Crippen LogP contribution in [-0.4, -0.2) is 47.0 Å². The van der Waals surface area contributed by atoms with Crippen LogP contribution in [0.4, 0.5) is 0 Å². The Kier molecular flexibility index (Phi) is 4.75. The van der Waals surface area contributed by atoms with Crippen molar-refractivity contribution in [2.75, 3.05) is 20.1 Å². The first-order valence-corrected chi connectivity index (χ1v) is 4.44. The molecule has 74 valence electrons. The van der Waals surface area contributed by atoms with Crippen molar-refractivity contribution in [1.82, 2.24) is 4.90 Å². The van der Waals surface area contributed by atoms with Crippen LogP contribution in [0.5, 0.6) is 0 Å². The number of likely N-dealkylation sites (N-methyl/N-ethyl adjacent to an activating group) is 1. The standard InChI is InChI=1S/C9H21NO2/c1-5-8(11)6-10(4)7-9(2,3)12/h8,11-12H,5-7H2,1-4H3. The first kappa shape index (κ1) is 11.9. The fraction of sp³-hybridized carbons (Fsp3) is 1.00. The second kappa shape index (κ2) is 4.80. The van der Waals surface area contributed by atoms with E-state index in [2.05, 4.69) is 0 Å². The molecule has 1 unspecified atom stereocenters. The largest absolute Gasteiger partial charge is 0.392 e. The van der Waals surface area contributed by atoms with E-state index in [-0.39, 0.29) is 6.10 Å². The van der Waals surface area contributed by atoms with E-state index in [0.29, 0.717) is 13.1 Å². The molecule has 0 rings (SSSR count). The summed E-state index contributed by atoms with van der Waals surface area (Å²) in [7, 11) is 1.90. The highest BCUT2D eigenvalue weighted by atomic mass is 16.3. The highest BCUT2D eigenvalue weighted by molar-refractivity contribution is 4.71. The van der Waals surface area contributed by atoms with Gasteiger partial charge in [0.1, 0.15) is 0 Å². The molecule has 1 atom stereocenters. The molecule has 0 fully saturated rings. The fourth-order valence-electron chi connectivity index (χ4n) is 1.21. The van der Waals surface area contributed by atoms with Gasteiger partial charge in [0.2, 0.25) is 0 Å². The number of hydrogen-bond acceptors (Lipinski definition) is 3. The molecule has 0 aliphatic heterocycles. The van der Waals surface area contributed by atoms with E-state index >= 15 is 0 Å². The van der Waals surface area contributed by atoms with E-state index in [1.807, 2.05) is 18.9 Å². The van der Waals surface area contributed by atoms with Gasteiger partial charge in [-0.15, -0.1) is 0 Å². The lowest BCUT2D eigenvalue weighted by Gasteiger charge is -2.26. The van der Waals surface area contributed by atoms with Crippen LogP contribution < -0.4 is 0 Å². The van der Waals surface area contributed by atoms with Crippen molar-refractivity contribution in [2.24, 2.45) is 0 Å². The molecule has 0 bridgehead atoms. The molecule has 0 radical (unpaired) electrons. The van der Waals surface area contributed by atoms with Crippen LogP contribution in [0.3, 0.4) is 0 Å². The highest BCUT2D eigenvalue weighted by Gasteiger charge is 2.16. The van der Waals surface area contributed by atoms with Gasteiger partial charge in [0.25, 0.3) is 0 Å². The van der Waals surface area contributed by atoms with Gasteiger partial charge in [-0.2, -0.15) is 0 Å². The summed E-state index contributed by atoms with van der Waals surface area (Å²) in [5.74, 6) is 0. The van der Waals surface area contributed by atoms with Gasteiger partial charge in [-0.25, -0.2) is 0 Å². The summed E-state index contributed by atoms with van der Waals surface area (Å²) < 4.78 is 0. The average Bonchev–Trinajstić information content (AvgIpc) is 1.82. The second-order valence-corrected chi connectivity index (χ2v) is 4.07. The molecule has 0 saturated heterocycles. The van der Waals surface area contributed by atoms with Crippen LogP contribution >= 0.6 is 0 Å². The molecule has 0 aromatic heterocycles. The number of rotatable bonds is 5. The maximum absolute atomic E-state index is 9.45. The molecule has 12 heavy (non-hydrogen) atoms. The fourth-order valence-corrected chi connectivity index (χ4v) is 1.21. The summed E-state index contributed by atoms with van der Waals surface area (Å²) >= 11 is 0. The third-order valence-corrected chi connectivity index (χ3v) is 1.65. The Balaban J connectivity index is 3.66. The Morgan fingerprint density at radius 3 is 2.25 bits per heavy atom. The molecule has 0 aliphatic rings. The molecular weight excluding hydrogens is 154 g/mol. The van der Waals surface area contributed by atoms with Gasteiger partial charge in [0.15, 0.2) is 0 Å². The van der Waals surface area contributed by atoms with Gasteiger partial charge in [0, 0.05) is 13.1 Å². The van der Waals surface area contributed by atoms with Gasteiger partial charge in [-0.1, -0.05) is 6.92 Å². The average molecular weight is 175 g/mol. The van der Waals surface area contributed by atoms with E-state index in [9.17, 15) is 10.2 Å². The molecule has 0 aromatic carbocycles. The summed E-state index contributed by atoms with van der Waals surface area (Å²) in [6, 6.07) is 0. The van der Waals surface area contributed by atoms with Crippen molar-refractivity contribution in [3.63, 3.8) is 0 Å². The molecule has 2 N–H and O–H groups in total. The van der Waals surface area contributed by atoms with Crippen molar-refractivity contribution >= 4 is 0 Å². The van der Waals surface area contributed by atoms with Gasteiger partial charge in [-0.05, 0) is 27.3 Å². The topological polar surface area (TPSA) is 43.7 Å². The summed E-state index contributed by atoms with van der Waals surface area (Å²) in [5.41, 5.74) is -0.678. The predicted molar refractivity (Wildman–Crippen MR) is 50.1 cm³/mol. The van der Waals surface area contributed by atoms with Gasteiger partial charge >= 0.3 is 0 Å². The quantitative estimate of drug-likeness (QED) is 0.638. The molecule has 3 heteroatoms. The zero-order valence-corrected chi connectivity index (χ0v) is 8.54. The van der Waals surface area contributed by atoms with Gasteiger partial charge in [-0.3, -0.25) is 0 Å². The molecule has 0 saturated carbocycles. The number of nitrogens with zero attached hydrogens (tertiary/aromatic N) is 1. The second-order valence-electron chi connectivity index (χ2n) is 4.07. The van der Waals surface area contributed by atoms with E-state index in [0.717, 1.165) is 6.42 Å². The van der Waals surface area contributed by atoms with Crippen LogP contribution in [0, 0.1) is 0 Å². The molecule has 0 heterocycles. The minimum absolute atomic E-state index is 0.280. The Morgan fingerprint density at radius 1 is 1.42 bits per heavy atom. The minimum atomic E-state index is -0.678. The number of hydrogen-bond donors (Lipinski definition) is 2. The first-order valence-electron chi connectivity index (χ1n) is 4.44. The summed E-state index contributed by atoms with van der Waals surface area (Å²) in [6.45, 7) is 6.69. The van der Waals surface area contributed by atoms with Crippen molar-refractivity contribution < 1.29 is 10.2 Å². The Hall–Kier alpha value is -0.120. The van der Waals surface area contributed by atoms with Crippen LogP contribution in [0.25, 0.3) is 0 Å². The first-order chi connectivity index (χ1) is 5.35. The van der Waals surface area contributed by atoms with E-state index in [1.54, 1.807) is 13.8 Å². The lowest BCUT2D eigenvalue weighted by atomic mass is 10.1. The van der Waals surface area contributed by atoms with Crippen LogP contribution in [-0.2, 0) is 0 Å². The summed E-state index contributed by atoms with van der Waals surface area (Å²) in [6.07, 6.45) is 0.480. The van der Waals surface area contributed by atoms with Gasteiger partial charge < -0.3 is 15.1 Å². The molecule has 0 aliphatic carbocycles. The lowest BCUT2D eigenvalue weighted by Crippen LogP contribution is -2.39. The molecule has 0 aromatic rings. The van der Waals surface area contributed by atoms with Gasteiger partial charge in [0.05, 0.1) is 11.7 Å². The molecule has 0 amide bonds. The summed E-state index contributed by atoms with van der Waals surface area (Å²) in [4.78, 5) is 1.94. The van der Waals surface area contributed by atoms with Crippen LogP contribution in [0.2, 0.25) is 0 Å². The maximum Gasteiger partial charge on any atom is 0.0718 e. The van der Waals surface area contributed by atoms with Crippen molar-refractivity contribution in [3.05, 3.63) is 0 Å². The van der Waals surface area contributed by atoms with Crippen molar-refractivity contribution in [1.29, 1.82) is 0 Å². The third kappa shape index (κ3) is 6.58. The molecular formula is C9H21NO2. The number of aliphatic hydroxyl groups excluding tert-OH is 1. The number of aliphatic hydroxyl groups is 2. The Morgan fingerprint density at radius 2 is 1.92 bits per heavy atom. The molecule has 3 nitrogen and oxygen atoms in total. The summed E-state index contributed by atoms with van der Waals surface area (Å²) in [5, 5.41) is 18.8. The van der Waals surface area contributed by atoms with Crippen LogP contribution in [0.1, 0.15) is 27.2 Å². The normalized spacial score (nSPS) is 15.2. The maximum atomic E-state index is 9.45. The SMILES string of the molecule is CCC(O)CN(C)CC(C)(C)O. The van der Waals surface area contributed by atoms with Crippen LogP contribution in [0.15, 0.2) is 0 Å². The van der Waals surface area contributed by atoms with E-state index in [4.69, 9.17) is 0 Å². The smallest absolute Gasteiger partial charge is 0.0718 e. The Bertz CT molecular complexity index is 120. The predicted octanol–water partition coefficient (Wildman–Crippen LogP) is 0.460. The van der Waals surface area contributed by atoms with E-state index < -0.39 is 5.60 Å².